The number of hydrogen-bond donors (Lipinski definition) is 3. The molecule has 0 aliphatic heterocycles. The zero-order valence-electron chi connectivity index (χ0n) is 28.1. The highest BCUT2D eigenvalue weighted by Gasteiger charge is 2.66. The molecule has 0 spiro atoms. The van der Waals surface area contributed by atoms with Crippen molar-refractivity contribution in [2.45, 2.75) is 96.8 Å². The van der Waals surface area contributed by atoms with E-state index in [9.17, 15) is 47.4 Å². The van der Waals surface area contributed by atoms with Gasteiger partial charge in [-0.1, -0.05) is 13.8 Å². The highest BCUT2D eigenvalue weighted by atomic mass is 19.1. The van der Waals surface area contributed by atoms with Crippen molar-refractivity contribution in [1.29, 1.82) is 0 Å². The lowest BCUT2D eigenvalue weighted by Crippen LogP contribution is -2.59. The number of aromatic amines is 2. The molecule has 4 fully saturated rings. The Bertz CT molecular complexity index is 1960. The van der Waals surface area contributed by atoms with Gasteiger partial charge in [0.05, 0.1) is 12.4 Å². The zero-order valence-corrected chi connectivity index (χ0v) is 28.1. The minimum Gasteiger partial charge on any atom is -0.431 e. The fraction of sp³-hybridized carbons (Fsp3) is 0.667. The Morgan fingerprint density at radius 3 is 2.02 bits per heavy atom. The van der Waals surface area contributed by atoms with Crippen LogP contribution in [0.2, 0.25) is 0 Å². The summed E-state index contributed by atoms with van der Waals surface area (Å²) in [6, 6.07) is 0. The first-order valence-electron chi connectivity index (χ1n) is 16.9. The van der Waals surface area contributed by atoms with E-state index in [1.165, 1.54) is 0 Å². The average Bonchev–Trinajstić information content (AvgIpc) is 3.37. The van der Waals surface area contributed by atoms with E-state index < -0.39 is 89.4 Å². The van der Waals surface area contributed by atoms with Crippen LogP contribution < -0.4 is 22.5 Å². The smallest absolute Gasteiger partial charge is 0.431 e. The van der Waals surface area contributed by atoms with Crippen LogP contribution in [0.5, 0.6) is 0 Å². The second-order valence-electron chi connectivity index (χ2n) is 14.7. The van der Waals surface area contributed by atoms with Gasteiger partial charge in [-0.2, -0.15) is 8.78 Å². The summed E-state index contributed by atoms with van der Waals surface area (Å²) in [5.74, 6) is -2.26. The van der Waals surface area contributed by atoms with Gasteiger partial charge in [0.15, 0.2) is 20.1 Å². The van der Waals surface area contributed by atoms with E-state index >= 15 is 0 Å². The van der Waals surface area contributed by atoms with Gasteiger partial charge in [-0.05, 0) is 86.9 Å². The third-order valence-electron chi connectivity index (χ3n) is 12.4. The van der Waals surface area contributed by atoms with Gasteiger partial charge < -0.3 is 24.1 Å². The summed E-state index contributed by atoms with van der Waals surface area (Å²) >= 11 is 0. The minimum atomic E-state index is -1.74. The molecule has 0 amide bonds. The van der Waals surface area contributed by atoms with Gasteiger partial charge in [0.1, 0.15) is 11.7 Å². The topological polar surface area (TPSA) is 218 Å². The first-order chi connectivity index (χ1) is 24.1. The Morgan fingerprint density at radius 1 is 0.804 bits per heavy atom. The largest absolute Gasteiger partial charge is 0.510 e. The molecule has 2 heterocycles. The molecule has 6 rings (SSSR count). The van der Waals surface area contributed by atoms with Crippen molar-refractivity contribution in [2.75, 3.05) is 6.61 Å². The van der Waals surface area contributed by atoms with E-state index in [0.29, 0.717) is 53.1 Å². The van der Waals surface area contributed by atoms with Crippen molar-refractivity contribution in [3.05, 3.63) is 65.7 Å². The van der Waals surface area contributed by atoms with Crippen LogP contribution in [-0.2, 0) is 37.2 Å². The maximum absolute atomic E-state index is 13.5. The molecule has 0 radical (unpaired) electrons. The van der Waals surface area contributed by atoms with Crippen molar-refractivity contribution in [1.82, 2.24) is 19.1 Å². The molecule has 8 atom stereocenters. The van der Waals surface area contributed by atoms with Crippen molar-refractivity contribution < 1.29 is 47.2 Å². The maximum Gasteiger partial charge on any atom is 0.510 e. The number of rotatable bonds is 8. The Hall–Kier alpha value is -4.61. The minimum absolute atomic E-state index is 0.0436. The lowest BCUT2D eigenvalue weighted by atomic mass is 9.44. The quantitative estimate of drug-likeness (QED) is 0.335. The van der Waals surface area contributed by atoms with Gasteiger partial charge in [0.25, 0.3) is 11.1 Å². The first-order valence-corrected chi connectivity index (χ1v) is 16.9. The molecule has 16 nitrogen and oxygen atoms in total. The van der Waals surface area contributed by atoms with Gasteiger partial charge >= 0.3 is 23.7 Å². The second kappa shape index (κ2) is 13.5. The summed E-state index contributed by atoms with van der Waals surface area (Å²) in [6.45, 7) is 2.03. The first kappa shape index (κ1) is 36.2. The normalized spacial score (nSPS) is 32.5. The summed E-state index contributed by atoms with van der Waals surface area (Å²) < 4.78 is 48.7. The Labute approximate surface area is 288 Å². The van der Waals surface area contributed by atoms with Crippen LogP contribution in [0.1, 0.15) is 71.6 Å². The molecule has 0 unspecified atom stereocenters. The van der Waals surface area contributed by atoms with E-state index in [1.807, 2.05) is 6.92 Å². The molecular weight excluding hydrogens is 682 g/mol. The zero-order chi connectivity index (χ0) is 36.9. The summed E-state index contributed by atoms with van der Waals surface area (Å²) in [5, 5.41) is 11.9. The molecule has 18 heteroatoms. The van der Waals surface area contributed by atoms with Crippen LogP contribution in [0.15, 0.2) is 31.6 Å². The third kappa shape index (κ3) is 6.53. The number of fused-ring (bicyclic) bond motifs is 5. The maximum atomic E-state index is 13.5. The predicted molar refractivity (Wildman–Crippen MR) is 168 cm³/mol. The molecule has 4 aliphatic rings. The lowest BCUT2D eigenvalue weighted by molar-refractivity contribution is -0.175. The molecule has 0 bridgehead atoms. The van der Waals surface area contributed by atoms with Crippen LogP contribution in [0.3, 0.4) is 0 Å². The van der Waals surface area contributed by atoms with E-state index in [1.54, 1.807) is 9.97 Å². The fourth-order valence-electron chi connectivity index (χ4n) is 9.66. The number of H-pyrrole nitrogens is 2. The molecule has 4 saturated carbocycles. The van der Waals surface area contributed by atoms with Crippen molar-refractivity contribution in [3.63, 3.8) is 0 Å². The number of hydrogen-bond acceptors (Lipinski definition) is 12. The van der Waals surface area contributed by atoms with Crippen LogP contribution in [-0.4, -0.2) is 60.6 Å². The van der Waals surface area contributed by atoms with Gasteiger partial charge in [0.2, 0.25) is 17.4 Å². The summed E-state index contributed by atoms with van der Waals surface area (Å²) in [5.41, 5.74) is -6.90. The monoisotopic (exact) mass is 722 g/mol. The van der Waals surface area contributed by atoms with E-state index in [2.05, 4.69) is 6.92 Å². The van der Waals surface area contributed by atoms with Gasteiger partial charge in [0, 0.05) is 5.41 Å². The number of halogens is 2. The second-order valence-corrected chi connectivity index (χ2v) is 14.7. The highest BCUT2D eigenvalue weighted by Crippen LogP contribution is 2.68. The number of ether oxygens (including phenoxy) is 4. The number of carbonyl (C=O) groups is 3. The summed E-state index contributed by atoms with van der Waals surface area (Å²) in [6.07, 6.45) is 4.35. The third-order valence-corrected chi connectivity index (χ3v) is 12.4. The molecule has 51 heavy (non-hydrogen) atoms. The predicted octanol–water partition coefficient (Wildman–Crippen LogP) is 2.30. The SMILES string of the molecule is C[C@]12CC[C@@H](OC(=O)OCn3cc(F)c(=O)[nH]c3=O)C[C@H]1CC[C@@H]1[C@@H]2CC[C@@]2(C)[C@H]1CC[C@]2(O)C(=O)COC(=O)OCn1cc(F)c(=O)[nH]c1=O. The number of nitrogens with one attached hydrogen (secondary N) is 2. The van der Waals surface area contributed by atoms with Gasteiger partial charge in [-0.15, -0.1) is 0 Å². The Balaban J connectivity index is 1.02. The molecule has 3 N–H and O–H groups in total. The highest BCUT2D eigenvalue weighted by molar-refractivity contribution is 5.90. The van der Waals surface area contributed by atoms with E-state index in [-0.39, 0.29) is 29.6 Å². The van der Waals surface area contributed by atoms with Gasteiger partial charge in [-0.3, -0.25) is 33.5 Å². The lowest BCUT2D eigenvalue weighted by Gasteiger charge is -2.61. The van der Waals surface area contributed by atoms with Crippen LogP contribution >= 0.6 is 0 Å². The van der Waals surface area contributed by atoms with Crippen LogP contribution in [0, 0.1) is 46.1 Å². The Kier molecular flexibility index (Phi) is 9.58. The standard InChI is InChI=1S/C33H40F2N4O12/c1-31-8-5-18(51-30(46)50-16-39-13-23(35)26(42)37-28(39)44)11-17(31)3-4-19-20(31)6-9-32(2)21(19)7-10-33(32,47)24(40)14-48-29(45)49-15-38-12-22(34)25(41)36-27(38)43/h12-13,17-21,47H,3-11,14-16H2,1-2H3,(H,36,41,43)(H,37,42,44)/t17-,18-,19-,20+,21+,31+,32+,33+/m1/s1. The summed E-state index contributed by atoms with van der Waals surface area (Å²) in [4.78, 5) is 87.6. The average molecular weight is 723 g/mol. The van der Waals surface area contributed by atoms with Crippen molar-refractivity contribution >= 4 is 18.1 Å². The van der Waals surface area contributed by atoms with E-state index in [0.717, 1.165) is 25.7 Å². The van der Waals surface area contributed by atoms with Crippen LogP contribution in [0.4, 0.5) is 18.4 Å². The summed E-state index contributed by atoms with van der Waals surface area (Å²) in [7, 11) is 0. The van der Waals surface area contributed by atoms with Crippen LogP contribution in [0.25, 0.3) is 0 Å². The fourth-order valence-corrected chi connectivity index (χ4v) is 9.66. The number of Topliss-reactive ketones (excluding diaryl/α,β-unsaturated/α-hetero) is 1. The molecule has 278 valence electrons. The van der Waals surface area contributed by atoms with Gasteiger partial charge in [-0.25, -0.2) is 19.2 Å². The number of ketones is 1. The molecule has 2 aromatic heterocycles. The Morgan fingerprint density at radius 2 is 1.39 bits per heavy atom. The molecular formula is C33H40F2N4O12. The van der Waals surface area contributed by atoms with E-state index in [4.69, 9.17) is 18.9 Å². The molecule has 0 aromatic carbocycles. The number of carbonyl (C=O) groups excluding carboxylic acids is 3. The molecule has 4 aliphatic carbocycles. The van der Waals surface area contributed by atoms with Crippen molar-refractivity contribution in [3.8, 4) is 0 Å². The molecule has 2 aromatic rings. The number of aliphatic hydroxyl groups is 1. The molecule has 0 saturated heterocycles. The number of nitrogens with zero attached hydrogens (tertiary/aromatic N) is 2. The van der Waals surface area contributed by atoms with Crippen molar-refractivity contribution in [2.24, 2.45) is 34.5 Å². The number of aromatic nitrogens is 4.